The molecule has 0 saturated heterocycles. The molecule has 0 aliphatic heterocycles. The van der Waals surface area contributed by atoms with Crippen molar-refractivity contribution in [1.29, 1.82) is 0 Å². The van der Waals surface area contributed by atoms with Gasteiger partial charge in [-0.25, -0.2) is 14.8 Å². The van der Waals surface area contributed by atoms with Crippen molar-refractivity contribution in [2.75, 3.05) is 18.1 Å². The number of nitrogens with two attached hydrogens (primary N) is 2. The third kappa shape index (κ3) is 3.13. The van der Waals surface area contributed by atoms with Crippen molar-refractivity contribution in [3.8, 4) is 22.0 Å². The fourth-order valence-corrected chi connectivity index (χ4v) is 4.43. The number of hydrogen-bond acceptors (Lipinski definition) is 8. The molecule has 0 unspecified atom stereocenters. The summed E-state index contributed by atoms with van der Waals surface area (Å²) >= 11 is 2.77. The summed E-state index contributed by atoms with van der Waals surface area (Å²) in [5.74, 6) is 0.140. The smallest absolute Gasteiger partial charge is 0.350 e. The second kappa shape index (κ2) is 6.98. The van der Waals surface area contributed by atoms with Crippen LogP contribution in [0.15, 0.2) is 41.8 Å². The van der Waals surface area contributed by atoms with E-state index in [-0.39, 0.29) is 6.61 Å². The lowest BCUT2D eigenvalue weighted by molar-refractivity contribution is 0.0533. The molecule has 0 radical (unpaired) electrons. The number of rotatable bonds is 4. The van der Waals surface area contributed by atoms with Gasteiger partial charge in [0.25, 0.3) is 0 Å². The average Bonchev–Trinajstić information content (AvgIpc) is 3.30. The van der Waals surface area contributed by atoms with Crippen LogP contribution in [0, 0.1) is 0 Å². The van der Waals surface area contributed by atoms with Gasteiger partial charge in [-0.15, -0.1) is 22.7 Å². The van der Waals surface area contributed by atoms with Crippen molar-refractivity contribution in [3.05, 3.63) is 46.7 Å². The van der Waals surface area contributed by atoms with Gasteiger partial charge in [-0.2, -0.15) is 0 Å². The largest absolute Gasteiger partial charge is 0.462 e. The standard InChI is InChI=1S/C19H16N4O2S2/c1-2-25-19(24)16-14(21)13-15(10-5-3-6-11(20)9-10)22-17(23-18(13)27-16)12-7-4-8-26-12/h3-9H,2,20-21H2,1H3. The number of esters is 1. The van der Waals surface area contributed by atoms with Crippen molar-refractivity contribution >= 4 is 50.2 Å². The number of thiophene rings is 2. The monoisotopic (exact) mass is 396 g/mol. The summed E-state index contributed by atoms with van der Waals surface area (Å²) in [4.78, 5) is 23.6. The van der Waals surface area contributed by atoms with Crippen LogP contribution in [0.2, 0.25) is 0 Å². The Morgan fingerprint density at radius 3 is 2.74 bits per heavy atom. The third-order valence-electron chi connectivity index (χ3n) is 3.95. The molecule has 27 heavy (non-hydrogen) atoms. The quantitative estimate of drug-likeness (QED) is 0.391. The fourth-order valence-electron chi connectivity index (χ4n) is 2.78. The van der Waals surface area contributed by atoms with Crippen LogP contribution in [-0.2, 0) is 4.74 Å². The SMILES string of the molecule is CCOC(=O)c1sc2nc(-c3cccs3)nc(-c3cccc(N)c3)c2c1N. The first-order chi connectivity index (χ1) is 13.1. The Bertz CT molecular complexity index is 1140. The molecule has 3 aromatic heterocycles. The lowest BCUT2D eigenvalue weighted by atomic mass is 10.1. The average molecular weight is 396 g/mol. The van der Waals surface area contributed by atoms with Crippen molar-refractivity contribution in [2.24, 2.45) is 0 Å². The highest BCUT2D eigenvalue weighted by Crippen LogP contribution is 2.40. The summed E-state index contributed by atoms with van der Waals surface area (Å²) in [6, 6.07) is 11.3. The summed E-state index contributed by atoms with van der Waals surface area (Å²) in [6.07, 6.45) is 0. The molecule has 1 aromatic carbocycles. The Morgan fingerprint density at radius 1 is 1.19 bits per heavy atom. The Labute approximate surface area is 163 Å². The van der Waals surface area contributed by atoms with Crippen LogP contribution in [0.4, 0.5) is 11.4 Å². The van der Waals surface area contributed by atoms with Crippen LogP contribution < -0.4 is 11.5 Å². The lowest BCUT2D eigenvalue weighted by Crippen LogP contribution is -2.05. The molecule has 4 rings (SSSR count). The van der Waals surface area contributed by atoms with E-state index in [1.165, 1.54) is 11.3 Å². The van der Waals surface area contributed by atoms with Gasteiger partial charge >= 0.3 is 5.97 Å². The first-order valence-electron chi connectivity index (χ1n) is 8.25. The molecule has 0 aliphatic carbocycles. The molecular formula is C19H16N4O2S2. The van der Waals surface area contributed by atoms with E-state index in [1.54, 1.807) is 18.3 Å². The van der Waals surface area contributed by atoms with Crippen molar-refractivity contribution in [1.82, 2.24) is 9.97 Å². The number of nitrogens with zero attached hydrogens (tertiary/aromatic N) is 2. The van der Waals surface area contributed by atoms with Gasteiger partial charge in [-0.3, -0.25) is 0 Å². The summed E-state index contributed by atoms with van der Waals surface area (Å²) in [6.45, 7) is 2.04. The molecule has 0 atom stereocenters. The fraction of sp³-hybridized carbons (Fsp3) is 0.105. The van der Waals surface area contributed by atoms with Crippen LogP contribution in [0.1, 0.15) is 16.6 Å². The molecule has 0 fully saturated rings. The van der Waals surface area contributed by atoms with Gasteiger partial charge in [-0.1, -0.05) is 18.2 Å². The number of carbonyl (C=O) groups excluding carboxylic acids is 1. The second-order valence-corrected chi connectivity index (χ2v) is 7.69. The van der Waals surface area contributed by atoms with Gasteiger partial charge in [0, 0.05) is 11.3 Å². The Hall–Kier alpha value is -2.97. The molecule has 0 bridgehead atoms. The van der Waals surface area contributed by atoms with E-state index in [0.29, 0.717) is 38.0 Å². The Morgan fingerprint density at radius 2 is 2.04 bits per heavy atom. The number of benzene rings is 1. The highest BCUT2D eigenvalue weighted by Gasteiger charge is 2.23. The number of nitrogen functional groups attached to an aromatic ring is 2. The summed E-state index contributed by atoms with van der Waals surface area (Å²) in [5.41, 5.74) is 14.7. The third-order valence-corrected chi connectivity index (χ3v) is 5.90. The topological polar surface area (TPSA) is 104 Å². The van der Waals surface area contributed by atoms with Crippen LogP contribution in [0.3, 0.4) is 0 Å². The molecule has 3 heterocycles. The van der Waals surface area contributed by atoms with Gasteiger partial charge in [0.2, 0.25) is 0 Å². The number of aromatic nitrogens is 2. The molecule has 4 aromatic rings. The number of carbonyl (C=O) groups is 1. The molecule has 4 N–H and O–H groups in total. The van der Waals surface area contributed by atoms with E-state index in [1.807, 2.05) is 41.8 Å². The van der Waals surface area contributed by atoms with E-state index in [2.05, 4.69) is 4.98 Å². The summed E-state index contributed by atoms with van der Waals surface area (Å²) in [7, 11) is 0. The zero-order valence-electron chi connectivity index (χ0n) is 14.4. The summed E-state index contributed by atoms with van der Waals surface area (Å²) in [5, 5.41) is 2.62. The molecule has 136 valence electrons. The first-order valence-corrected chi connectivity index (χ1v) is 9.95. The molecule has 0 amide bonds. The van der Waals surface area contributed by atoms with E-state index >= 15 is 0 Å². The molecule has 0 saturated carbocycles. The molecule has 8 heteroatoms. The van der Waals surface area contributed by atoms with Crippen LogP contribution in [0.5, 0.6) is 0 Å². The maximum atomic E-state index is 12.3. The van der Waals surface area contributed by atoms with E-state index in [9.17, 15) is 4.79 Å². The van der Waals surface area contributed by atoms with Crippen LogP contribution in [0.25, 0.3) is 32.2 Å². The number of fused-ring (bicyclic) bond motifs is 1. The van der Waals surface area contributed by atoms with E-state index < -0.39 is 5.97 Å². The maximum absolute atomic E-state index is 12.3. The Kier molecular flexibility index (Phi) is 4.51. The lowest BCUT2D eigenvalue weighted by Gasteiger charge is -2.07. The minimum absolute atomic E-state index is 0.278. The van der Waals surface area contributed by atoms with Gasteiger partial charge in [0.1, 0.15) is 9.71 Å². The van der Waals surface area contributed by atoms with Crippen LogP contribution in [-0.4, -0.2) is 22.5 Å². The van der Waals surface area contributed by atoms with Crippen molar-refractivity contribution < 1.29 is 9.53 Å². The highest BCUT2D eigenvalue weighted by atomic mass is 32.1. The first kappa shape index (κ1) is 17.4. The van der Waals surface area contributed by atoms with E-state index in [0.717, 1.165) is 10.4 Å². The molecular weight excluding hydrogens is 380 g/mol. The zero-order valence-corrected chi connectivity index (χ0v) is 16.1. The zero-order chi connectivity index (χ0) is 19.0. The van der Waals surface area contributed by atoms with Crippen molar-refractivity contribution in [3.63, 3.8) is 0 Å². The predicted molar refractivity (Wildman–Crippen MR) is 111 cm³/mol. The summed E-state index contributed by atoms with van der Waals surface area (Å²) < 4.78 is 5.13. The van der Waals surface area contributed by atoms with Gasteiger partial charge in [0.05, 0.1) is 28.3 Å². The van der Waals surface area contributed by atoms with Crippen LogP contribution >= 0.6 is 22.7 Å². The van der Waals surface area contributed by atoms with Gasteiger partial charge in [-0.05, 0) is 30.5 Å². The van der Waals surface area contributed by atoms with Gasteiger partial charge < -0.3 is 16.2 Å². The highest BCUT2D eigenvalue weighted by molar-refractivity contribution is 7.21. The Balaban J connectivity index is 2.02. The van der Waals surface area contributed by atoms with Crippen molar-refractivity contribution in [2.45, 2.75) is 6.92 Å². The molecule has 0 aliphatic rings. The molecule has 0 spiro atoms. The number of anilines is 2. The predicted octanol–water partition coefficient (Wildman–Crippen LogP) is 4.43. The van der Waals surface area contributed by atoms with Gasteiger partial charge in [0.15, 0.2) is 5.82 Å². The number of hydrogen-bond donors (Lipinski definition) is 2. The number of ether oxygens (including phenoxy) is 1. The maximum Gasteiger partial charge on any atom is 0.350 e. The van der Waals surface area contributed by atoms with E-state index in [4.69, 9.17) is 21.2 Å². The normalized spacial score (nSPS) is 11.0. The molecule has 6 nitrogen and oxygen atoms in total. The second-order valence-electron chi connectivity index (χ2n) is 5.74. The minimum atomic E-state index is -0.450. The minimum Gasteiger partial charge on any atom is -0.462 e.